The zero-order chi connectivity index (χ0) is 13.7. The normalized spacial score (nSPS) is 12.3. The molecule has 0 radical (unpaired) electrons. The monoisotopic (exact) mass is 261 g/mol. The molecule has 19 heavy (non-hydrogen) atoms. The standard InChI is InChI=1S/C12H15N5O2/c1-9(7-12(18)19)17-11(14-15-16-17)5-4-10-3-2-6-13-8-10/h2-3,6,8-9H,4-5,7H2,1H3,(H,18,19). The van der Waals surface area contributed by atoms with Gasteiger partial charge >= 0.3 is 5.97 Å². The number of rotatable bonds is 6. The number of aliphatic carboxylic acids is 1. The molecule has 2 heterocycles. The van der Waals surface area contributed by atoms with Gasteiger partial charge in [0.15, 0.2) is 5.82 Å². The van der Waals surface area contributed by atoms with Gasteiger partial charge in [0.1, 0.15) is 0 Å². The summed E-state index contributed by atoms with van der Waals surface area (Å²) in [7, 11) is 0. The van der Waals surface area contributed by atoms with E-state index in [1.807, 2.05) is 12.1 Å². The van der Waals surface area contributed by atoms with Gasteiger partial charge in [-0.3, -0.25) is 9.78 Å². The highest BCUT2D eigenvalue weighted by Crippen LogP contribution is 2.12. The molecule has 0 aromatic carbocycles. The van der Waals surface area contributed by atoms with Gasteiger partial charge in [0.05, 0.1) is 12.5 Å². The number of pyridine rings is 1. The lowest BCUT2D eigenvalue weighted by Crippen LogP contribution is -2.15. The molecular weight excluding hydrogens is 246 g/mol. The van der Waals surface area contributed by atoms with Crippen LogP contribution in [0.3, 0.4) is 0 Å². The number of carboxylic acids is 1. The van der Waals surface area contributed by atoms with E-state index in [0.717, 1.165) is 12.0 Å². The summed E-state index contributed by atoms with van der Waals surface area (Å²) in [6.07, 6.45) is 4.96. The molecule has 0 aliphatic rings. The first-order chi connectivity index (χ1) is 9.16. The second-order valence-electron chi connectivity index (χ2n) is 4.35. The lowest BCUT2D eigenvalue weighted by Gasteiger charge is -2.10. The van der Waals surface area contributed by atoms with Crippen LogP contribution in [0.1, 0.15) is 30.8 Å². The third kappa shape index (κ3) is 3.57. The van der Waals surface area contributed by atoms with Gasteiger partial charge in [-0.25, -0.2) is 4.68 Å². The Morgan fingerprint density at radius 3 is 3.00 bits per heavy atom. The first-order valence-electron chi connectivity index (χ1n) is 6.04. The number of hydrogen-bond acceptors (Lipinski definition) is 5. The summed E-state index contributed by atoms with van der Waals surface area (Å²) < 4.78 is 1.57. The van der Waals surface area contributed by atoms with Crippen LogP contribution in [0.4, 0.5) is 0 Å². The highest BCUT2D eigenvalue weighted by atomic mass is 16.4. The van der Waals surface area contributed by atoms with Crippen molar-refractivity contribution in [1.29, 1.82) is 0 Å². The van der Waals surface area contributed by atoms with E-state index in [4.69, 9.17) is 5.11 Å². The molecule has 2 aromatic heterocycles. The van der Waals surface area contributed by atoms with E-state index in [-0.39, 0.29) is 12.5 Å². The summed E-state index contributed by atoms with van der Waals surface area (Å²) in [5.74, 6) is -0.168. The van der Waals surface area contributed by atoms with Crippen LogP contribution in [0.5, 0.6) is 0 Å². The Morgan fingerprint density at radius 1 is 1.47 bits per heavy atom. The van der Waals surface area contributed by atoms with Crippen LogP contribution in [0.15, 0.2) is 24.5 Å². The van der Waals surface area contributed by atoms with Crippen LogP contribution in [0.25, 0.3) is 0 Å². The van der Waals surface area contributed by atoms with Gasteiger partial charge in [-0.15, -0.1) is 5.10 Å². The van der Waals surface area contributed by atoms with Gasteiger partial charge in [-0.2, -0.15) is 0 Å². The van der Waals surface area contributed by atoms with Crippen molar-refractivity contribution in [3.8, 4) is 0 Å². The summed E-state index contributed by atoms with van der Waals surface area (Å²) in [6.45, 7) is 1.79. The molecule has 0 amide bonds. The van der Waals surface area contributed by atoms with Crippen LogP contribution in [-0.2, 0) is 17.6 Å². The van der Waals surface area contributed by atoms with Crippen molar-refractivity contribution in [2.24, 2.45) is 0 Å². The Labute approximate surface area is 110 Å². The molecule has 0 aliphatic heterocycles. The van der Waals surface area contributed by atoms with Crippen LogP contribution >= 0.6 is 0 Å². The second-order valence-corrected chi connectivity index (χ2v) is 4.35. The molecule has 0 spiro atoms. The molecule has 0 aliphatic carbocycles. The molecule has 1 atom stereocenters. The molecule has 0 fully saturated rings. The minimum Gasteiger partial charge on any atom is -0.481 e. The average molecular weight is 261 g/mol. The van der Waals surface area contributed by atoms with E-state index in [1.54, 1.807) is 24.0 Å². The fourth-order valence-corrected chi connectivity index (χ4v) is 1.86. The van der Waals surface area contributed by atoms with E-state index in [2.05, 4.69) is 20.5 Å². The van der Waals surface area contributed by atoms with Crippen molar-refractivity contribution in [2.75, 3.05) is 0 Å². The summed E-state index contributed by atoms with van der Waals surface area (Å²) in [4.78, 5) is 14.8. The molecule has 7 nitrogen and oxygen atoms in total. The molecule has 2 aromatic rings. The molecule has 0 bridgehead atoms. The summed E-state index contributed by atoms with van der Waals surface area (Å²) in [6, 6.07) is 3.61. The van der Waals surface area contributed by atoms with Gasteiger partial charge in [0.2, 0.25) is 0 Å². The molecule has 0 saturated carbocycles. The van der Waals surface area contributed by atoms with Crippen molar-refractivity contribution in [3.63, 3.8) is 0 Å². The lowest BCUT2D eigenvalue weighted by atomic mass is 10.1. The van der Waals surface area contributed by atoms with E-state index in [0.29, 0.717) is 12.2 Å². The van der Waals surface area contributed by atoms with E-state index >= 15 is 0 Å². The largest absolute Gasteiger partial charge is 0.481 e. The van der Waals surface area contributed by atoms with Crippen LogP contribution < -0.4 is 0 Å². The molecule has 7 heteroatoms. The summed E-state index contributed by atoms with van der Waals surface area (Å²) >= 11 is 0. The number of aryl methyl sites for hydroxylation is 2. The van der Waals surface area contributed by atoms with Gasteiger partial charge in [0, 0.05) is 18.8 Å². The SMILES string of the molecule is CC(CC(=O)O)n1nnnc1CCc1cccnc1. The topological polar surface area (TPSA) is 93.8 Å². The first-order valence-corrected chi connectivity index (χ1v) is 6.04. The Kier molecular flexibility index (Phi) is 4.17. The van der Waals surface area contributed by atoms with Crippen molar-refractivity contribution >= 4 is 5.97 Å². The minimum atomic E-state index is -0.860. The quantitative estimate of drug-likeness (QED) is 0.829. The lowest BCUT2D eigenvalue weighted by molar-refractivity contribution is -0.137. The third-order valence-electron chi connectivity index (χ3n) is 2.81. The van der Waals surface area contributed by atoms with Crippen molar-refractivity contribution < 1.29 is 9.90 Å². The summed E-state index contributed by atoms with van der Waals surface area (Å²) in [5.41, 5.74) is 1.10. The third-order valence-corrected chi connectivity index (χ3v) is 2.81. The molecule has 1 unspecified atom stereocenters. The van der Waals surface area contributed by atoms with E-state index < -0.39 is 5.97 Å². The maximum Gasteiger partial charge on any atom is 0.305 e. The average Bonchev–Trinajstić information content (AvgIpc) is 2.85. The van der Waals surface area contributed by atoms with Gasteiger partial charge < -0.3 is 5.11 Å². The molecular formula is C12H15N5O2. The fourth-order valence-electron chi connectivity index (χ4n) is 1.86. The molecule has 0 saturated heterocycles. The van der Waals surface area contributed by atoms with Crippen LogP contribution in [0.2, 0.25) is 0 Å². The Morgan fingerprint density at radius 2 is 2.32 bits per heavy atom. The number of carbonyl (C=O) groups is 1. The highest BCUT2D eigenvalue weighted by Gasteiger charge is 2.15. The molecule has 2 rings (SSSR count). The zero-order valence-electron chi connectivity index (χ0n) is 10.6. The second kappa shape index (κ2) is 6.03. The molecule has 100 valence electrons. The van der Waals surface area contributed by atoms with Gasteiger partial charge in [0.25, 0.3) is 0 Å². The predicted octanol–water partition coefficient (Wildman–Crippen LogP) is 0.889. The minimum absolute atomic E-state index is 0.00489. The maximum absolute atomic E-state index is 10.7. The zero-order valence-corrected chi connectivity index (χ0v) is 10.6. The Hall–Kier alpha value is -2.31. The first kappa shape index (κ1) is 13.1. The molecule has 1 N–H and O–H groups in total. The fraction of sp³-hybridized carbons (Fsp3) is 0.417. The van der Waals surface area contributed by atoms with Crippen molar-refractivity contribution in [2.45, 2.75) is 32.2 Å². The van der Waals surface area contributed by atoms with Crippen LogP contribution in [-0.4, -0.2) is 36.3 Å². The van der Waals surface area contributed by atoms with Crippen LogP contribution in [0, 0.1) is 0 Å². The van der Waals surface area contributed by atoms with Crippen molar-refractivity contribution in [1.82, 2.24) is 25.2 Å². The van der Waals surface area contributed by atoms with E-state index in [1.165, 1.54) is 0 Å². The highest BCUT2D eigenvalue weighted by molar-refractivity contribution is 5.67. The Bertz CT molecular complexity index is 540. The predicted molar refractivity (Wildman–Crippen MR) is 66.4 cm³/mol. The number of carboxylic acid groups (broad SMARTS) is 1. The van der Waals surface area contributed by atoms with E-state index in [9.17, 15) is 4.79 Å². The Balaban J connectivity index is 2.01. The summed E-state index contributed by atoms with van der Waals surface area (Å²) in [5, 5.41) is 20.2. The number of aromatic nitrogens is 5. The number of tetrazole rings is 1. The van der Waals surface area contributed by atoms with Gasteiger partial charge in [-0.1, -0.05) is 6.07 Å². The maximum atomic E-state index is 10.7. The van der Waals surface area contributed by atoms with Crippen molar-refractivity contribution in [3.05, 3.63) is 35.9 Å². The number of hydrogen-bond donors (Lipinski definition) is 1. The van der Waals surface area contributed by atoms with Gasteiger partial charge in [-0.05, 0) is 35.4 Å². The number of nitrogens with zero attached hydrogens (tertiary/aromatic N) is 5. The smallest absolute Gasteiger partial charge is 0.305 e.